The molecule has 1 heteroatoms. The normalized spacial score (nSPS) is 43.0. The summed E-state index contributed by atoms with van der Waals surface area (Å²) in [5, 5.41) is 10.3. The van der Waals surface area contributed by atoms with E-state index in [0.717, 1.165) is 36.5 Å². The van der Waals surface area contributed by atoms with E-state index in [9.17, 15) is 5.11 Å². The Morgan fingerprint density at radius 1 is 1.07 bits per heavy atom. The molecule has 0 aromatic heterocycles. The fourth-order valence-corrected chi connectivity index (χ4v) is 8.32. The Labute approximate surface area is 180 Å². The van der Waals surface area contributed by atoms with Crippen molar-refractivity contribution in [1.82, 2.24) is 0 Å². The quantitative estimate of drug-likeness (QED) is 0.470. The molecule has 3 saturated carbocycles. The molecule has 0 bridgehead atoms. The highest BCUT2D eigenvalue weighted by molar-refractivity contribution is 5.34. The van der Waals surface area contributed by atoms with Gasteiger partial charge in [-0.3, -0.25) is 0 Å². The first kappa shape index (κ1) is 21.7. The summed E-state index contributed by atoms with van der Waals surface area (Å²) in [6.45, 7) is 16.7. The summed E-state index contributed by atoms with van der Waals surface area (Å²) in [5.74, 6) is 3.86. The molecule has 4 aliphatic rings. The van der Waals surface area contributed by atoms with Gasteiger partial charge < -0.3 is 5.11 Å². The zero-order chi connectivity index (χ0) is 21.0. The Balaban J connectivity index is 1.54. The van der Waals surface area contributed by atoms with Crippen LogP contribution in [0.4, 0.5) is 0 Å². The predicted molar refractivity (Wildman–Crippen MR) is 124 cm³/mol. The number of hydrogen-bond donors (Lipinski definition) is 1. The molecule has 0 aromatic carbocycles. The maximum atomic E-state index is 10.3. The lowest BCUT2D eigenvalue weighted by molar-refractivity contribution is -0.0381. The summed E-state index contributed by atoms with van der Waals surface area (Å²) in [5.41, 5.74) is 6.16. The van der Waals surface area contributed by atoms with Gasteiger partial charge in [-0.05, 0) is 111 Å². The Kier molecular flexibility index (Phi) is 5.86. The van der Waals surface area contributed by atoms with Gasteiger partial charge in [0.15, 0.2) is 0 Å². The molecule has 1 N–H and O–H groups in total. The molecule has 0 heterocycles. The van der Waals surface area contributed by atoms with E-state index >= 15 is 0 Å². The van der Waals surface area contributed by atoms with Crippen LogP contribution in [-0.2, 0) is 0 Å². The number of fused-ring (bicyclic) bond motifs is 4. The fraction of sp³-hybridized carbons (Fsp3) is 0.857. The van der Waals surface area contributed by atoms with Gasteiger partial charge in [0, 0.05) is 0 Å². The van der Waals surface area contributed by atoms with Gasteiger partial charge in [0.2, 0.25) is 0 Å². The molecule has 7 atom stereocenters. The van der Waals surface area contributed by atoms with Crippen LogP contribution in [0, 0.1) is 40.4 Å². The average Bonchev–Trinajstić information content (AvgIpc) is 3.03. The molecule has 0 aromatic rings. The number of aliphatic hydroxyl groups is 1. The van der Waals surface area contributed by atoms with E-state index in [4.69, 9.17) is 0 Å². The van der Waals surface area contributed by atoms with Crippen molar-refractivity contribution in [3.63, 3.8) is 0 Å². The lowest BCUT2D eigenvalue weighted by Crippen LogP contribution is -2.48. The summed E-state index contributed by atoms with van der Waals surface area (Å²) in [7, 11) is 0. The molecule has 3 fully saturated rings. The summed E-state index contributed by atoms with van der Waals surface area (Å²) in [6, 6.07) is 0. The van der Waals surface area contributed by atoms with E-state index in [1.807, 2.05) is 11.1 Å². The van der Waals surface area contributed by atoms with Crippen molar-refractivity contribution >= 4 is 0 Å². The Morgan fingerprint density at radius 3 is 2.55 bits per heavy atom. The van der Waals surface area contributed by atoms with E-state index in [0.29, 0.717) is 16.7 Å². The van der Waals surface area contributed by atoms with Gasteiger partial charge in [0.05, 0.1) is 6.10 Å². The van der Waals surface area contributed by atoms with Crippen molar-refractivity contribution in [3.05, 3.63) is 23.3 Å². The van der Waals surface area contributed by atoms with Crippen LogP contribution in [0.15, 0.2) is 23.3 Å². The average molecular weight is 399 g/mol. The van der Waals surface area contributed by atoms with Gasteiger partial charge in [0.1, 0.15) is 0 Å². The van der Waals surface area contributed by atoms with Crippen molar-refractivity contribution in [2.45, 2.75) is 111 Å². The minimum absolute atomic E-state index is 0.0339. The van der Waals surface area contributed by atoms with Crippen LogP contribution in [0.5, 0.6) is 0 Å². The van der Waals surface area contributed by atoms with Crippen molar-refractivity contribution in [3.8, 4) is 0 Å². The van der Waals surface area contributed by atoms with Crippen molar-refractivity contribution < 1.29 is 5.11 Å². The highest BCUT2D eigenvalue weighted by Crippen LogP contribution is 2.65. The molecule has 0 aliphatic heterocycles. The number of hydrogen-bond acceptors (Lipinski definition) is 1. The summed E-state index contributed by atoms with van der Waals surface area (Å²) in [4.78, 5) is 0. The molecule has 0 saturated heterocycles. The SMILES string of the molecule is C=C(CCC(C)C1CCC2=C3CCC4CC(O)CCC4(C)C3CCC21C)C(C)C. The number of aliphatic hydroxyl groups excluding tert-OH is 1. The zero-order valence-corrected chi connectivity index (χ0v) is 19.9. The van der Waals surface area contributed by atoms with E-state index in [1.165, 1.54) is 63.4 Å². The summed E-state index contributed by atoms with van der Waals surface area (Å²) < 4.78 is 0. The molecule has 1 nitrogen and oxygen atoms in total. The van der Waals surface area contributed by atoms with Crippen LogP contribution in [0.1, 0.15) is 105 Å². The highest BCUT2D eigenvalue weighted by atomic mass is 16.3. The van der Waals surface area contributed by atoms with E-state index in [-0.39, 0.29) is 6.10 Å². The second-order valence-corrected chi connectivity index (χ2v) is 12.2. The van der Waals surface area contributed by atoms with E-state index in [1.54, 1.807) is 0 Å². The standard InChI is InChI=1S/C28H46O/c1-18(2)19(3)7-8-20(4)24-11-12-25-23-10-9-21-17-22(29)13-15-27(21,5)26(23)14-16-28(24,25)6/h18,20-22,24,26,29H,3,7-17H2,1-2,4-6H3. The smallest absolute Gasteiger partial charge is 0.0543 e. The first-order valence-electron chi connectivity index (χ1n) is 12.7. The lowest BCUT2D eigenvalue weighted by Gasteiger charge is -2.56. The molecular weight excluding hydrogens is 352 g/mol. The van der Waals surface area contributed by atoms with Crippen LogP contribution in [0.3, 0.4) is 0 Å². The van der Waals surface area contributed by atoms with E-state index in [2.05, 4.69) is 41.2 Å². The minimum atomic E-state index is -0.0339. The molecule has 0 radical (unpaired) electrons. The van der Waals surface area contributed by atoms with Crippen molar-refractivity contribution in [2.24, 2.45) is 40.4 Å². The summed E-state index contributed by atoms with van der Waals surface area (Å²) >= 11 is 0. The largest absolute Gasteiger partial charge is 0.393 e. The predicted octanol–water partition coefficient (Wildman–Crippen LogP) is 7.70. The molecule has 0 amide bonds. The highest BCUT2D eigenvalue weighted by Gasteiger charge is 2.55. The van der Waals surface area contributed by atoms with Crippen LogP contribution in [0.25, 0.3) is 0 Å². The zero-order valence-electron chi connectivity index (χ0n) is 19.9. The lowest BCUT2D eigenvalue weighted by atomic mass is 9.49. The van der Waals surface area contributed by atoms with E-state index < -0.39 is 0 Å². The molecule has 7 unspecified atom stereocenters. The molecule has 4 rings (SSSR count). The Bertz CT molecular complexity index is 672. The minimum Gasteiger partial charge on any atom is -0.393 e. The van der Waals surface area contributed by atoms with Crippen LogP contribution in [-0.4, -0.2) is 11.2 Å². The van der Waals surface area contributed by atoms with Gasteiger partial charge in [-0.1, -0.05) is 57.9 Å². The topological polar surface area (TPSA) is 20.2 Å². The fourth-order valence-electron chi connectivity index (χ4n) is 8.32. The van der Waals surface area contributed by atoms with Gasteiger partial charge in [-0.2, -0.15) is 0 Å². The maximum Gasteiger partial charge on any atom is 0.0543 e. The summed E-state index contributed by atoms with van der Waals surface area (Å²) in [6.07, 6.45) is 14.1. The molecule has 4 aliphatic carbocycles. The maximum absolute atomic E-state index is 10.3. The third kappa shape index (κ3) is 3.58. The van der Waals surface area contributed by atoms with Crippen molar-refractivity contribution in [2.75, 3.05) is 0 Å². The van der Waals surface area contributed by atoms with Crippen molar-refractivity contribution in [1.29, 1.82) is 0 Å². The third-order valence-corrected chi connectivity index (χ3v) is 10.5. The molecule has 164 valence electrons. The van der Waals surface area contributed by atoms with Gasteiger partial charge in [-0.25, -0.2) is 0 Å². The van der Waals surface area contributed by atoms with Crippen LogP contribution in [0.2, 0.25) is 0 Å². The van der Waals surface area contributed by atoms with Gasteiger partial charge in [-0.15, -0.1) is 0 Å². The van der Waals surface area contributed by atoms with Crippen LogP contribution >= 0.6 is 0 Å². The number of allylic oxidation sites excluding steroid dienone is 3. The van der Waals surface area contributed by atoms with Gasteiger partial charge >= 0.3 is 0 Å². The van der Waals surface area contributed by atoms with Gasteiger partial charge in [0.25, 0.3) is 0 Å². The second-order valence-electron chi connectivity index (χ2n) is 12.2. The monoisotopic (exact) mass is 398 g/mol. The second kappa shape index (κ2) is 7.85. The Morgan fingerprint density at radius 2 is 1.83 bits per heavy atom. The first-order chi connectivity index (χ1) is 13.7. The molecule has 29 heavy (non-hydrogen) atoms. The Hall–Kier alpha value is -0.560. The molecular formula is C28H46O. The molecule has 0 spiro atoms. The first-order valence-corrected chi connectivity index (χ1v) is 12.7. The van der Waals surface area contributed by atoms with Crippen LogP contribution < -0.4 is 0 Å². The number of rotatable bonds is 5. The third-order valence-electron chi connectivity index (χ3n) is 10.5.